The lowest BCUT2D eigenvalue weighted by Crippen LogP contribution is -2.41. The molecule has 1 aromatic rings. The zero-order valence-electron chi connectivity index (χ0n) is 16.9. The summed E-state index contributed by atoms with van der Waals surface area (Å²) in [5.74, 6) is -0.485. The smallest absolute Gasteiger partial charge is 0.169 e. The molecule has 1 heterocycles. The summed E-state index contributed by atoms with van der Waals surface area (Å²) in [6, 6.07) is 10.0. The third-order valence-corrected chi connectivity index (χ3v) is 5.28. The lowest BCUT2D eigenvalue weighted by atomic mass is 9.94. The van der Waals surface area contributed by atoms with Crippen LogP contribution in [0.15, 0.2) is 42.5 Å². The molecular formula is C23H34O4. The first-order chi connectivity index (χ1) is 12.9. The van der Waals surface area contributed by atoms with E-state index < -0.39 is 18.0 Å². The van der Waals surface area contributed by atoms with Gasteiger partial charge in [-0.2, -0.15) is 0 Å². The lowest BCUT2D eigenvalue weighted by Gasteiger charge is -2.33. The number of benzene rings is 1. The SMILES string of the molecule is CC(C)(C)/C=C/[C@H](OCc1ccccc1)[C@H](O)[C@@H]1COC2(CCCCC2)O1. The van der Waals surface area contributed by atoms with Crippen LogP contribution in [0.3, 0.4) is 0 Å². The van der Waals surface area contributed by atoms with Gasteiger partial charge in [-0.15, -0.1) is 0 Å². The maximum absolute atomic E-state index is 11.0. The van der Waals surface area contributed by atoms with Crippen LogP contribution in [0.1, 0.15) is 58.4 Å². The van der Waals surface area contributed by atoms with Crippen LogP contribution in [0.2, 0.25) is 0 Å². The fourth-order valence-electron chi connectivity index (χ4n) is 3.73. The second-order valence-corrected chi connectivity index (χ2v) is 8.92. The van der Waals surface area contributed by atoms with Crippen molar-refractivity contribution in [2.75, 3.05) is 6.61 Å². The van der Waals surface area contributed by atoms with Crippen molar-refractivity contribution in [3.63, 3.8) is 0 Å². The summed E-state index contributed by atoms with van der Waals surface area (Å²) in [5.41, 5.74) is 1.11. The normalized spacial score (nSPS) is 25.1. The number of ether oxygens (including phenoxy) is 3. The topological polar surface area (TPSA) is 47.9 Å². The van der Waals surface area contributed by atoms with Crippen LogP contribution < -0.4 is 0 Å². The van der Waals surface area contributed by atoms with Gasteiger partial charge in [-0.1, -0.05) is 69.7 Å². The Morgan fingerprint density at radius 1 is 1.19 bits per heavy atom. The monoisotopic (exact) mass is 374 g/mol. The molecule has 3 rings (SSSR count). The van der Waals surface area contributed by atoms with E-state index >= 15 is 0 Å². The van der Waals surface area contributed by atoms with Crippen LogP contribution in [-0.4, -0.2) is 35.8 Å². The molecule has 1 aliphatic carbocycles. The van der Waals surface area contributed by atoms with Gasteiger partial charge in [0.05, 0.1) is 13.2 Å². The number of allylic oxidation sites excluding steroid dienone is 1. The van der Waals surface area contributed by atoms with Gasteiger partial charge in [-0.25, -0.2) is 0 Å². The summed E-state index contributed by atoms with van der Waals surface area (Å²) >= 11 is 0. The van der Waals surface area contributed by atoms with Crippen LogP contribution in [-0.2, 0) is 20.8 Å². The fraction of sp³-hybridized carbons (Fsp3) is 0.652. The zero-order chi connectivity index (χ0) is 19.3. The van der Waals surface area contributed by atoms with E-state index in [1.165, 1.54) is 6.42 Å². The third kappa shape index (κ3) is 5.89. The van der Waals surface area contributed by atoms with Gasteiger partial charge in [0.25, 0.3) is 0 Å². The molecule has 150 valence electrons. The summed E-state index contributed by atoms with van der Waals surface area (Å²) in [6.07, 6.45) is 7.85. The van der Waals surface area contributed by atoms with Gasteiger partial charge in [0.1, 0.15) is 18.3 Å². The minimum Gasteiger partial charge on any atom is -0.387 e. The molecule has 1 N–H and O–H groups in total. The first kappa shape index (κ1) is 20.5. The van der Waals surface area contributed by atoms with Gasteiger partial charge < -0.3 is 19.3 Å². The van der Waals surface area contributed by atoms with Crippen LogP contribution in [0.25, 0.3) is 0 Å². The van der Waals surface area contributed by atoms with E-state index in [1.54, 1.807) is 0 Å². The Hall–Kier alpha value is -1.20. The molecular weight excluding hydrogens is 340 g/mol. The molecule has 3 atom stereocenters. The van der Waals surface area contributed by atoms with E-state index in [9.17, 15) is 5.11 Å². The average Bonchev–Trinajstić information content (AvgIpc) is 3.05. The Morgan fingerprint density at radius 2 is 1.89 bits per heavy atom. The molecule has 0 bridgehead atoms. The first-order valence-corrected chi connectivity index (χ1v) is 10.2. The number of rotatable bonds is 6. The van der Waals surface area contributed by atoms with Crippen molar-refractivity contribution in [3.8, 4) is 0 Å². The minimum atomic E-state index is -0.756. The molecule has 0 amide bonds. The van der Waals surface area contributed by atoms with Crippen LogP contribution in [0, 0.1) is 5.41 Å². The molecule has 0 radical (unpaired) electrons. The van der Waals surface area contributed by atoms with Crippen molar-refractivity contribution in [2.24, 2.45) is 5.41 Å². The maximum Gasteiger partial charge on any atom is 0.169 e. The van der Waals surface area contributed by atoms with Gasteiger partial charge in [-0.3, -0.25) is 0 Å². The lowest BCUT2D eigenvalue weighted by molar-refractivity contribution is -0.201. The molecule has 1 aromatic carbocycles. The molecule has 4 nitrogen and oxygen atoms in total. The van der Waals surface area contributed by atoms with Crippen LogP contribution >= 0.6 is 0 Å². The highest BCUT2D eigenvalue weighted by Gasteiger charge is 2.45. The minimum absolute atomic E-state index is 0.0195. The summed E-state index contributed by atoms with van der Waals surface area (Å²) in [4.78, 5) is 0. The standard InChI is InChI=1S/C23H34O4/c1-22(2,3)15-12-19(25-16-18-10-6-4-7-11-18)21(24)20-17-26-23(27-20)13-8-5-9-14-23/h4,6-7,10-12,15,19-21,24H,5,8-9,13-14,16-17H2,1-3H3/b15-12+/t19-,20-,21-/m0/s1. The van der Waals surface area contributed by atoms with Gasteiger partial charge in [0, 0.05) is 12.8 Å². The predicted octanol–water partition coefficient (Wildman–Crippen LogP) is 4.61. The summed E-state index contributed by atoms with van der Waals surface area (Å²) < 4.78 is 18.3. The highest BCUT2D eigenvalue weighted by atomic mass is 16.7. The van der Waals surface area contributed by atoms with Crippen LogP contribution in [0.4, 0.5) is 0 Å². The fourth-order valence-corrected chi connectivity index (χ4v) is 3.73. The second kappa shape index (κ2) is 8.87. The Morgan fingerprint density at radius 3 is 2.56 bits per heavy atom. The van der Waals surface area contributed by atoms with Crippen LogP contribution in [0.5, 0.6) is 0 Å². The number of hydrogen-bond acceptors (Lipinski definition) is 4. The Kier molecular flexibility index (Phi) is 6.74. The van der Waals surface area contributed by atoms with Crippen molar-refractivity contribution in [2.45, 2.75) is 83.6 Å². The van der Waals surface area contributed by atoms with E-state index in [1.807, 2.05) is 36.4 Å². The maximum atomic E-state index is 11.0. The molecule has 1 aliphatic heterocycles. The molecule has 2 aliphatic rings. The highest BCUT2D eigenvalue weighted by molar-refractivity contribution is 5.14. The van der Waals surface area contributed by atoms with Crippen molar-refractivity contribution in [3.05, 3.63) is 48.0 Å². The van der Waals surface area contributed by atoms with Gasteiger partial charge in [0.15, 0.2) is 5.79 Å². The molecule has 0 aromatic heterocycles. The van der Waals surface area contributed by atoms with Gasteiger partial charge in [0.2, 0.25) is 0 Å². The molecule has 2 fully saturated rings. The van der Waals surface area contributed by atoms with E-state index in [-0.39, 0.29) is 11.5 Å². The Bertz CT molecular complexity index is 599. The van der Waals surface area contributed by atoms with E-state index in [0.29, 0.717) is 13.2 Å². The third-order valence-electron chi connectivity index (χ3n) is 5.28. The van der Waals surface area contributed by atoms with Gasteiger partial charge in [-0.05, 0) is 23.8 Å². The highest BCUT2D eigenvalue weighted by Crippen LogP contribution is 2.39. The molecule has 1 saturated heterocycles. The average molecular weight is 375 g/mol. The predicted molar refractivity (Wildman–Crippen MR) is 106 cm³/mol. The van der Waals surface area contributed by atoms with Crippen molar-refractivity contribution in [1.82, 2.24) is 0 Å². The number of aliphatic hydroxyl groups is 1. The summed E-state index contributed by atoms with van der Waals surface area (Å²) in [7, 11) is 0. The quantitative estimate of drug-likeness (QED) is 0.739. The first-order valence-electron chi connectivity index (χ1n) is 10.2. The summed E-state index contributed by atoms with van der Waals surface area (Å²) in [5, 5.41) is 11.0. The van der Waals surface area contributed by atoms with E-state index in [0.717, 1.165) is 31.2 Å². The van der Waals surface area contributed by atoms with Crippen molar-refractivity contribution < 1.29 is 19.3 Å². The van der Waals surface area contributed by atoms with Gasteiger partial charge >= 0.3 is 0 Å². The summed E-state index contributed by atoms with van der Waals surface area (Å²) in [6.45, 7) is 7.29. The molecule has 0 unspecified atom stereocenters. The Labute approximate surface area is 163 Å². The van der Waals surface area contributed by atoms with Crippen molar-refractivity contribution in [1.29, 1.82) is 0 Å². The number of hydrogen-bond donors (Lipinski definition) is 1. The molecule has 27 heavy (non-hydrogen) atoms. The largest absolute Gasteiger partial charge is 0.387 e. The number of aliphatic hydroxyl groups excluding tert-OH is 1. The van der Waals surface area contributed by atoms with E-state index in [4.69, 9.17) is 14.2 Å². The van der Waals surface area contributed by atoms with E-state index in [2.05, 4.69) is 26.8 Å². The second-order valence-electron chi connectivity index (χ2n) is 8.92. The zero-order valence-corrected chi connectivity index (χ0v) is 16.9. The molecule has 1 spiro atoms. The van der Waals surface area contributed by atoms with Crippen molar-refractivity contribution >= 4 is 0 Å². The Balaban J connectivity index is 1.66. The molecule has 4 heteroatoms. The molecule has 1 saturated carbocycles.